The van der Waals surface area contributed by atoms with E-state index in [1.54, 1.807) is 18.3 Å². The van der Waals surface area contributed by atoms with Gasteiger partial charge in [0.25, 0.3) is 5.91 Å². The Morgan fingerprint density at radius 1 is 1.29 bits per heavy atom. The average Bonchev–Trinajstić information content (AvgIpc) is 2.90. The maximum Gasteiger partial charge on any atom is 0.326 e. The minimum atomic E-state index is -1.21. The topological polar surface area (TPSA) is 125 Å². The smallest absolute Gasteiger partial charge is 0.326 e. The molecule has 0 spiro atoms. The highest BCUT2D eigenvalue weighted by atomic mass is 16.4. The van der Waals surface area contributed by atoms with Gasteiger partial charge < -0.3 is 21.1 Å². The number of amides is 2. The van der Waals surface area contributed by atoms with Gasteiger partial charge >= 0.3 is 5.97 Å². The molecule has 0 aliphatic heterocycles. The summed E-state index contributed by atoms with van der Waals surface area (Å²) in [5.41, 5.74) is 5.98. The molecule has 7 nitrogen and oxygen atoms in total. The predicted octanol–water partition coefficient (Wildman–Crippen LogP) is 0.616. The van der Waals surface area contributed by atoms with Crippen LogP contribution in [0, 0.1) is 0 Å². The highest BCUT2D eigenvalue weighted by molar-refractivity contribution is 6.06. The third-order valence-corrected chi connectivity index (χ3v) is 3.11. The number of hydrogen-bond acceptors (Lipinski definition) is 3. The van der Waals surface area contributed by atoms with Gasteiger partial charge in [-0.15, -0.1) is 0 Å². The van der Waals surface area contributed by atoms with Crippen molar-refractivity contribution in [2.75, 3.05) is 0 Å². The third kappa shape index (κ3) is 3.38. The van der Waals surface area contributed by atoms with Crippen molar-refractivity contribution in [1.29, 1.82) is 0 Å². The first-order chi connectivity index (χ1) is 9.99. The van der Waals surface area contributed by atoms with Gasteiger partial charge in [0.05, 0.1) is 11.1 Å². The van der Waals surface area contributed by atoms with Crippen LogP contribution in [-0.4, -0.2) is 33.9 Å². The van der Waals surface area contributed by atoms with E-state index in [-0.39, 0.29) is 12.8 Å². The van der Waals surface area contributed by atoms with E-state index >= 15 is 0 Å². The average molecular weight is 289 g/mol. The number of aliphatic carboxylic acids is 1. The van der Waals surface area contributed by atoms with Crippen LogP contribution in [0.25, 0.3) is 10.9 Å². The number of aromatic amines is 1. The lowest BCUT2D eigenvalue weighted by Gasteiger charge is -2.14. The fraction of sp³-hybridized carbons (Fsp3) is 0.214. The van der Waals surface area contributed by atoms with Crippen LogP contribution in [0.5, 0.6) is 0 Å². The number of nitrogens with one attached hydrogen (secondary N) is 2. The Labute approximate surface area is 120 Å². The molecule has 7 heteroatoms. The lowest BCUT2D eigenvalue weighted by molar-refractivity contribution is -0.139. The summed E-state index contributed by atoms with van der Waals surface area (Å²) in [7, 11) is 0. The number of rotatable bonds is 6. The Hall–Kier alpha value is -2.83. The van der Waals surface area contributed by atoms with Gasteiger partial charge in [0.15, 0.2) is 0 Å². The number of carbonyl (C=O) groups is 3. The second kappa shape index (κ2) is 6.08. The van der Waals surface area contributed by atoms with Crippen LogP contribution in [0.1, 0.15) is 23.2 Å². The van der Waals surface area contributed by atoms with Crippen molar-refractivity contribution in [3.63, 3.8) is 0 Å². The number of hydrogen-bond donors (Lipinski definition) is 4. The first-order valence-corrected chi connectivity index (χ1v) is 6.37. The molecule has 1 aromatic heterocycles. The zero-order chi connectivity index (χ0) is 15.4. The maximum absolute atomic E-state index is 12.2. The molecule has 0 aliphatic rings. The lowest BCUT2D eigenvalue weighted by atomic mass is 10.1. The second-order valence-electron chi connectivity index (χ2n) is 4.62. The molecule has 0 fully saturated rings. The Kier molecular flexibility index (Phi) is 4.22. The van der Waals surface area contributed by atoms with Crippen molar-refractivity contribution in [2.45, 2.75) is 18.9 Å². The van der Waals surface area contributed by atoms with Gasteiger partial charge in [0, 0.05) is 18.0 Å². The molecule has 1 heterocycles. The molecule has 0 unspecified atom stereocenters. The molecular formula is C14H15N3O4. The largest absolute Gasteiger partial charge is 0.480 e. The van der Waals surface area contributed by atoms with Crippen molar-refractivity contribution < 1.29 is 19.5 Å². The summed E-state index contributed by atoms with van der Waals surface area (Å²) in [6.07, 6.45) is 1.55. The predicted molar refractivity (Wildman–Crippen MR) is 75.6 cm³/mol. The van der Waals surface area contributed by atoms with Crippen LogP contribution in [0.3, 0.4) is 0 Å². The molecule has 0 saturated heterocycles. The van der Waals surface area contributed by atoms with Crippen LogP contribution in [0.2, 0.25) is 0 Å². The molecule has 0 radical (unpaired) electrons. The minimum Gasteiger partial charge on any atom is -0.480 e. The van der Waals surface area contributed by atoms with E-state index in [0.29, 0.717) is 11.1 Å². The minimum absolute atomic E-state index is 0.0445. The zero-order valence-corrected chi connectivity index (χ0v) is 11.1. The molecular weight excluding hydrogens is 274 g/mol. The van der Waals surface area contributed by atoms with E-state index in [4.69, 9.17) is 10.8 Å². The summed E-state index contributed by atoms with van der Waals surface area (Å²) < 4.78 is 0. The highest BCUT2D eigenvalue weighted by Gasteiger charge is 2.22. The van der Waals surface area contributed by atoms with Crippen LogP contribution < -0.4 is 11.1 Å². The van der Waals surface area contributed by atoms with Crippen molar-refractivity contribution in [3.05, 3.63) is 36.0 Å². The van der Waals surface area contributed by atoms with Crippen molar-refractivity contribution >= 4 is 28.7 Å². The molecule has 2 aromatic rings. The first kappa shape index (κ1) is 14.6. The van der Waals surface area contributed by atoms with Crippen molar-refractivity contribution in [3.8, 4) is 0 Å². The molecule has 2 amide bonds. The van der Waals surface area contributed by atoms with Gasteiger partial charge in [0.1, 0.15) is 6.04 Å². The molecule has 1 atom stereocenters. The Balaban J connectivity index is 2.17. The van der Waals surface area contributed by atoms with E-state index in [1.807, 2.05) is 12.1 Å². The normalized spacial score (nSPS) is 12.0. The van der Waals surface area contributed by atoms with Crippen LogP contribution in [0.4, 0.5) is 0 Å². The third-order valence-electron chi connectivity index (χ3n) is 3.11. The fourth-order valence-corrected chi connectivity index (χ4v) is 2.05. The van der Waals surface area contributed by atoms with Gasteiger partial charge in [-0.05, 0) is 18.6 Å². The van der Waals surface area contributed by atoms with E-state index in [9.17, 15) is 14.4 Å². The number of para-hydroxylation sites is 1. The number of fused-ring (bicyclic) bond motifs is 1. The van der Waals surface area contributed by atoms with Gasteiger partial charge in [-0.3, -0.25) is 9.59 Å². The molecule has 1 aromatic carbocycles. The van der Waals surface area contributed by atoms with Crippen molar-refractivity contribution in [1.82, 2.24) is 10.3 Å². The number of nitrogens with two attached hydrogens (primary N) is 1. The Morgan fingerprint density at radius 2 is 2.05 bits per heavy atom. The number of primary amides is 1. The molecule has 2 rings (SSSR count). The summed E-state index contributed by atoms with van der Waals surface area (Å²) in [4.78, 5) is 37.0. The molecule has 0 bridgehead atoms. The summed E-state index contributed by atoms with van der Waals surface area (Å²) in [6.45, 7) is 0. The lowest BCUT2D eigenvalue weighted by Crippen LogP contribution is -2.41. The summed E-state index contributed by atoms with van der Waals surface area (Å²) >= 11 is 0. The van der Waals surface area contributed by atoms with Gasteiger partial charge in [0.2, 0.25) is 5.91 Å². The number of carboxylic acid groups (broad SMARTS) is 1. The van der Waals surface area contributed by atoms with E-state index in [1.165, 1.54) is 0 Å². The molecule has 110 valence electrons. The maximum atomic E-state index is 12.2. The number of H-pyrrole nitrogens is 1. The second-order valence-corrected chi connectivity index (χ2v) is 4.62. The van der Waals surface area contributed by atoms with E-state index in [0.717, 1.165) is 5.39 Å². The van der Waals surface area contributed by atoms with E-state index in [2.05, 4.69) is 10.3 Å². The van der Waals surface area contributed by atoms with Gasteiger partial charge in [-0.1, -0.05) is 12.1 Å². The number of carbonyl (C=O) groups excluding carboxylic acids is 2. The standard InChI is InChI=1S/C14H15N3O4/c15-11(18)5-4-10(14(20)21)17-13(19)9-3-1-2-8-6-7-16-12(8)9/h1-3,6-7,10,16H,4-5H2,(H2,15,18)(H,17,19)(H,20,21)/t10-/m1/s1. The fourth-order valence-electron chi connectivity index (χ4n) is 2.05. The highest BCUT2D eigenvalue weighted by Crippen LogP contribution is 2.17. The molecule has 5 N–H and O–H groups in total. The zero-order valence-electron chi connectivity index (χ0n) is 11.1. The monoisotopic (exact) mass is 289 g/mol. The summed E-state index contributed by atoms with van der Waals surface area (Å²) in [6, 6.07) is 5.80. The van der Waals surface area contributed by atoms with Gasteiger partial charge in [-0.25, -0.2) is 4.79 Å². The number of carboxylic acids is 1. The van der Waals surface area contributed by atoms with Crippen molar-refractivity contribution in [2.24, 2.45) is 5.73 Å². The Bertz CT molecular complexity index is 692. The van der Waals surface area contributed by atoms with Gasteiger partial charge in [-0.2, -0.15) is 0 Å². The summed E-state index contributed by atoms with van der Waals surface area (Å²) in [5.74, 6) is -2.33. The van der Waals surface area contributed by atoms with E-state index < -0.39 is 23.8 Å². The molecule has 0 aliphatic carbocycles. The van der Waals surface area contributed by atoms with Crippen LogP contribution in [0.15, 0.2) is 30.5 Å². The first-order valence-electron chi connectivity index (χ1n) is 6.37. The van der Waals surface area contributed by atoms with Crippen LogP contribution >= 0.6 is 0 Å². The number of benzene rings is 1. The molecule has 21 heavy (non-hydrogen) atoms. The van der Waals surface area contributed by atoms with Crippen LogP contribution in [-0.2, 0) is 9.59 Å². The summed E-state index contributed by atoms with van der Waals surface area (Å²) in [5, 5.41) is 12.3. The number of aromatic nitrogens is 1. The quantitative estimate of drug-likeness (QED) is 0.621. The Morgan fingerprint density at radius 3 is 2.71 bits per heavy atom. The SMILES string of the molecule is NC(=O)CC[C@@H](NC(=O)c1cccc2cc[nH]c12)C(=O)O. The molecule has 0 saturated carbocycles.